The van der Waals surface area contributed by atoms with Crippen molar-refractivity contribution in [2.24, 2.45) is 11.8 Å². The number of para-hydroxylation sites is 1. The van der Waals surface area contributed by atoms with E-state index >= 15 is 0 Å². The largest absolute Gasteiger partial charge is 0.446 e. The number of fused-ring (bicyclic) bond motifs is 4. The molecule has 3 unspecified atom stereocenters. The molecule has 0 aromatic heterocycles. The Morgan fingerprint density at radius 2 is 2.08 bits per heavy atom. The van der Waals surface area contributed by atoms with Crippen LogP contribution in [0.4, 0.5) is 10.5 Å². The minimum atomic E-state index is -0.291. The molecule has 1 saturated carbocycles. The number of nitrogens with one attached hydrogen (secondary N) is 1. The fraction of sp³-hybridized carbons (Fsp3) is 0.682. The van der Waals surface area contributed by atoms with Crippen LogP contribution in [0.5, 0.6) is 0 Å². The maximum atomic E-state index is 12.4. The number of nitrogens with zero attached hydrogens (tertiary/aromatic N) is 1. The average Bonchev–Trinajstić information content (AvgIpc) is 3.02. The molecule has 1 N–H and O–H groups in total. The second-order valence-electron chi connectivity index (χ2n) is 8.34. The van der Waals surface area contributed by atoms with E-state index in [1.54, 1.807) is 0 Å². The van der Waals surface area contributed by atoms with E-state index in [1.807, 2.05) is 30.3 Å². The van der Waals surface area contributed by atoms with Crippen molar-refractivity contribution in [3.8, 4) is 0 Å². The summed E-state index contributed by atoms with van der Waals surface area (Å²) in [6, 6.07) is 10.9. The molecule has 142 valence electrons. The topological polar surface area (TPSA) is 41.6 Å². The van der Waals surface area contributed by atoms with E-state index < -0.39 is 0 Å². The molecule has 2 heterocycles. The zero-order valence-corrected chi connectivity index (χ0v) is 15.9. The first-order valence-electron chi connectivity index (χ1n) is 10.5. The van der Waals surface area contributed by atoms with Crippen LogP contribution in [0.3, 0.4) is 0 Å². The lowest BCUT2D eigenvalue weighted by molar-refractivity contribution is -0.0177. The number of piperidine rings is 2. The number of hydrogen-bond donors (Lipinski definition) is 1. The molecule has 2 bridgehead atoms. The van der Waals surface area contributed by atoms with Crippen molar-refractivity contribution in [3.63, 3.8) is 0 Å². The summed E-state index contributed by atoms with van der Waals surface area (Å²) in [5.41, 5.74) is 0.804. The minimum Gasteiger partial charge on any atom is -0.446 e. The molecule has 4 nitrogen and oxygen atoms in total. The van der Waals surface area contributed by atoms with Gasteiger partial charge >= 0.3 is 6.09 Å². The van der Waals surface area contributed by atoms with Crippen LogP contribution in [0.25, 0.3) is 0 Å². The van der Waals surface area contributed by atoms with Gasteiger partial charge in [0.05, 0.1) is 0 Å². The van der Waals surface area contributed by atoms with Crippen LogP contribution >= 0.6 is 0 Å². The lowest BCUT2D eigenvalue weighted by Crippen LogP contribution is -2.55. The number of anilines is 1. The molecule has 2 saturated heterocycles. The zero-order valence-electron chi connectivity index (χ0n) is 15.9. The molecule has 3 aliphatic rings. The Balaban J connectivity index is 1.43. The van der Waals surface area contributed by atoms with E-state index in [0.717, 1.165) is 12.1 Å². The van der Waals surface area contributed by atoms with Crippen molar-refractivity contribution < 1.29 is 9.53 Å². The predicted octanol–water partition coefficient (Wildman–Crippen LogP) is 5.06. The third-order valence-electron chi connectivity index (χ3n) is 6.78. The van der Waals surface area contributed by atoms with Gasteiger partial charge in [0.25, 0.3) is 0 Å². The molecule has 5 atom stereocenters. The van der Waals surface area contributed by atoms with E-state index in [9.17, 15) is 4.79 Å². The standard InChI is InChI=1S/C22H32N2O2/c1-2-3-11-19-16-14-18(20-12-7-8-13-24(19)20)21(15-16)26-22(25)23-17-9-5-4-6-10-17/h4-6,9-10,16,18-21H,2-3,7-8,11-15H2,1H3,(H,23,25)/t16?,18?,19-,20+,21?/m0/s1. The number of rotatable bonds is 5. The third kappa shape index (κ3) is 3.62. The zero-order chi connectivity index (χ0) is 17.9. The monoisotopic (exact) mass is 356 g/mol. The normalized spacial score (nSPS) is 33.5. The second-order valence-corrected chi connectivity index (χ2v) is 8.34. The number of benzene rings is 1. The van der Waals surface area contributed by atoms with Crippen molar-refractivity contribution in [2.75, 3.05) is 11.9 Å². The maximum Gasteiger partial charge on any atom is 0.411 e. The number of unbranched alkanes of at least 4 members (excludes halogenated alkanes) is 1. The molecule has 26 heavy (non-hydrogen) atoms. The highest BCUT2D eigenvalue weighted by atomic mass is 16.6. The van der Waals surface area contributed by atoms with E-state index in [4.69, 9.17) is 4.74 Å². The van der Waals surface area contributed by atoms with Crippen LogP contribution in [-0.2, 0) is 4.74 Å². The van der Waals surface area contributed by atoms with Gasteiger partial charge < -0.3 is 4.74 Å². The van der Waals surface area contributed by atoms with E-state index in [-0.39, 0.29) is 12.2 Å². The minimum absolute atomic E-state index is 0.0842. The van der Waals surface area contributed by atoms with Crippen LogP contribution in [0.2, 0.25) is 0 Å². The van der Waals surface area contributed by atoms with Gasteiger partial charge in [0.2, 0.25) is 0 Å². The number of carbonyl (C=O) groups is 1. The van der Waals surface area contributed by atoms with Crippen LogP contribution in [0, 0.1) is 11.8 Å². The first kappa shape index (κ1) is 17.8. The molecule has 0 radical (unpaired) electrons. The summed E-state index contributed by atoms with van der Waals surface area (Å²) in [6.07, 6.45) is 9.92. The van der Waals surface area contributed by atoms with Gasteiger partial charge in [-0.25, -0.2) is 4.79 Å². The summed E-state index contributed by atoms with van der Waals surface area (Å²) < 4.78 is 5.95. The molecule has 1 aromatic rings. The fourth-order valence-corrected chi connectivity index (χ4v) is 5.67. The first-order valence-corrected chi connectivity index (χ1v) is 10.5. The molecular weight excluding hydrogens is 324 g/mol. The summed E-state index contributed by atoms with van der Waals surface area (Å²) >= 11 is 0. The van der Waals surface area contributed by atoms with Gasteiger partial charge in [0.1, 0.15) is 6.10 Å². The number of hydrogen-bond acceptors (Lipinski definition) is 3. The van der Waals surface area contributed by atoms with Crippen molar-refractivity contribution >= 4 is 11.8 Å². The Kier molecular flexibility index (Phi) is 5.49. The number of carbonyl (C=O) groups excluding carboxylic acids is 1. The van der Waals surface area contributed by atoms with Gasteiger partial charge in [-0.1, -0.05) is 44.4 Å². The molecule has 1 aliphatic carbocycles. The fourth-order valence-electron chi connectivity index (χ4n) is 5.67. The maximum absolute atomic E-state index is 12.4. The Labute approximate surface area is 157 Å². The molecular formula is C22H32N2O2. The lowest BCUT2D eigenvalue weighted by atomic mass is 9.79. The Hall–Kier alpha value is -1.55. The van der Waals surface area contributed by atoms with Crippen molar-refractivity contribution in [1.82, 2.24) is 4.90 Å². The SMILES string of the molecule is CCCC[C@H]1C2CC(OC(=O)Nc3ccccc3)C(C2)[C@H]2CCCCN21. The smallest absolute Gasteiger partial charge is 0.411 e. The van der Waals surface area contributed by atoms with Gasteiger partial charge in [0, 0.05) is 23.7 Å². The van der Waals surface area contributed by atoms with E-state index in [1.165, 1.54) is 51.5 Å². The molecule has 4 rings (SSSR count). The molecule has 0 spiro atoms. The van der Waals surface area contributed by atoms with Gasteiger partial charge in [-0.15, -0.1) is 0 Å². The van der Waals surface area contributed by atoms with Gasteiger partial charge in [-0.2, -0.15) is 0 Å². The molecule has 1 aromatic carbocycles. The predicted molar refractivity (Wildman–Crippen MR) is 104 cm³/mol. The molecule has 4 heteroatoms. The van der Waals surface area contributed by atoms with Crippen molar-refractivity contribution in [1.29, 1.82) is 0 Å². The lowest BCUT2D eigenvalue weighted by Gasteiger charge is -2.49. The summed E-state index contributed by atoms with van der Waals surface area (Å²) in [5, 5.41) is 2.89. The Bertz CT molecular complexity index is 605. The van der Waals surface area contributed by atoms with Crippen LogP contribution in [-0.4, -0.2) is 35.7 Å². The molecule has 3 fully saturated rings. The Morgan fingerprint density at radius 1 is 1.23 bits per heavy atom. The van der Waals surface area contributed by atoms with Crippen molar-refractivity contribution in [2.45, 2.75) is 76.5 Å². The van der Waals surface area contributed by atoms with E-state index in [0.29, 0.717) is 23.9 Å². The highest BCUT2D eigenvalue weighted by molar-refractivity contribution is 5.84. The summed E-state index contributed by atoms with van der Waals surface area (Å²) in [4.78, 5) is 15.2. The summed E-state index contributed by atoms with van der Waals surface area (Å²) in [7, 11) is 0. The quantitative estimate of drug-likeness (QED) is 0.802. The Morgan fingerprint density at radius 3 is 2.88 bits per heavy atom. The van der Waals surface area contributed by atoms with Gasteiger partial charge in [0.15, 0.2) is 0 Å². The first-order chi connectivity index (χ1) is 12.8. The third-order valence-corrected chi connectivity index (χ3v) is 6.78. The average molecular weight is 357 g/mol. The van der Waals surface area contributed by atoms with Crippen LogP contribution < -0.4 is 5.32 Å². The second kappa shape index (κ2) is 7.99. The van der Waals surface area contributed by atoms with Gasteiger partial charge in [-0.05, 0) is 56.7 Å². The van der Waals surface area contributed by atoms with Gasteiger partial charge in [-0.3, -0.25) is 10.2 Å². The highest BCUT2D eigenvalue weighted by Crippen LogP contribution is 2.49. The van der Waals surface area contributed by atoms with Crippen LogP contribution in [0.15, 0.2) is 30.3 Å². The number of ether oxygens (including phenoxy) is 1. The van der Waals surface area contributed by atoms with Crippen molar-refractivity contribution in [3.05, 3.63) is 30.3 Å². The summed E-state index contributed by atoms with van der Waals surface area (Å²) in [6.45, 7) is 3.53. The summed E-state index contributed by atoms with van der Waals surface area (Å²) in [5.74, 6) is 1.23. The van der Waals surface area contributed by atoms with E-state index in [2.05, 4.69) is 17.1 Å². The number of amides is 1. The molecule has 2 aliphatic heterocycles. The molecule has 1 amide bonds. The highest BCUT2D eigenvalue weighted by Gasteiger charge is 2.52. The van der Waals surface area contributed by atoms with Crippen LogP contribution in [0.1, 0.15) is 58.3 Å².